The van der Waals surface area contributed by atoms with Crippen LogP contribution in [-0.4, -0.2) is 44.0 Å². The Morgan fingerprint density at radius 2 is 1.90 bits per heavy atom. The molecule has 0 radical (unpaired) electrons. The van der Waals surface area contributed by atoms with Crippen LogP contribution in [-0.2, 0) is 6.54 Å². The van der Waals surface area contributed by atoms with Gasteiger partial charge in [-0.3, -0.25) is 9.36 Å². The molecule has 7 heteroatoms. The number of thioether (sulfide) groups is 1. The van der Waals surface area contributed by atoms with Crippen molar-refractivity contribution < 1.29 is 4.79 Å². The highest BCUT2D eigenvalue weighted by Gasteiger charge is 2.32. The minimum atomic E-state index is 0.184. The first-order chi connectivity index (χ1) is 14.0. The third-order valence-corrected chi connectivity index (χ3v) is 7.22. The zero-order valence-electron chi connectivity index (χ0n) is 18.1. The molecule has 1 aliphatic heterocycles. The van der Waals surface area contributed by atoms with E-state index in [0.717, 1.165) is 54.3 Å². The molecule has 3 heterocycles. The van der Waals surface area contributed by atoms with E-state index in [0.29, 0.717) is 11.8 Å². The van der Waals surface area contributed by atoms with Crippen LogP contribution in [0.4, 0.5) is 5.95 Å². The summed E-state index contributed by atoms with van der Waals surface area (Å²) in [5, 5.41) is 9.93. The molecule has 0 bridgehead atoms. The number of aryl methyl sites for hydroxylation is 1. The first kappa shape index (κ1) is 20.5. The molecule has 4 rings (SSSR count). The van der Waals surface area contributed by atoms with Crippen molar-refractivity contribution in [2.75, 3.05) is 23.7 Å². The second kappa shape index (κ2) is 8.54. The second-order valence-corrected chi connectivity index (χ2v) is 9.64. The largest absolute Gasteiger partial charge is 0.348 e. The van der Waals surface area contributed by atoms with E-state index in [1.807, 2.05) is 6.07 Å². The van der Waals surface area contributed by atoms with E-state index in [-0.39, 0.29) is 5.78 Å². The molecule has 29 heavy (non-hydrogen) atoms. The Balaban J connectivity index is 1.48. The Hall–Kier alpha value is -1.76. The summed E-state index contributed by atoms with van der Waals surface area (Å²) in [6.45, 7) is 11.7. The number of anilines is 1. The lowest BCUT2D eigenvalue weighted by molar-refractivity contribution is 0.102. The van der Waals surface area contributed by atoms with Gasteiger partial charge in [-0.15, -0.1) is 10.2 Å². The maximum absolute atomic E-state index is 12.9. The molecule has 0 aromatic carbocycles. The van der Waals surface area contributed by atoms with E-state index < -0.39 is 0 Å². The lowest BCUT2D eigenvalue weighted by Gasteiger charge is -2.31. The molecule has 1 saturated carbocycles. The van der Waals surface area contributed by atoms with Crippen molar-refractivity contribution in [2.24, 2.45) is 5.92 Å². The van der Waals surface area contributed by atoms with Gasteiger partial charge in [-0.05, 0) is 57.9 Å². The van der Waals surface area contributed by atoms with Crippen LogP contribution >= 0.6 is 11.8 Å². The van der Waals surface area contributed by atoms with E-state index in [2.05, 4.69) is 51.9 Å². The second-order valence-electron chi connectivity index (χ2n) is 8.70. The molecule has 6 nitrogen and oxygen atoms in total. The normalized spacial score (nSPS) is 17.9. The summed E-state index contributed by atoms with van der Waals surface area (Å²) in [5.74, 6) is 2.40. The van der Waals surface area contributed by atoms with Crippen LogP contribution in [0.5, 0.6) is 0 Å². The number of hydrogen-bond acceptors (Lipinski definition) is 5. The van der Waals surface area contributed by atoms with Gasteiger partial charge in [-0.25, -0.2) is 0 Å². The number of nitrogens with zero attached hydrogens (tertiary/aromatic N) is 5. The van der Waals surface area contributed by atoms with Gasteiger partial charge < -0.3 is 9.47 Å². The number of carbonyl (C=O) groups excluding carboxylic acids is 1. The highest BCUT2D eigenvalue weighted by Crippen LogP contribution is 2.41. The Labute approximate surface area is 178 Å². The van der Waals surface area contributed by atoms with Gasteiger partial charge in [0.2, 0.25) is 5.95 Å². The summed E-state index contributed by atoms with van der Waals surface area (Å²) < 4.78 is 4.55. The van der Waals surface area contributed by atoms with Crippen LogP contribution < -0.4 is 4.90 Å². The molecule has 0 N–H and O–H groups in total. The van der Waals surface area contributed by atoms with E-state index in [9.17, 15) is 4.79 Å². The van der Waals surface area contributed by atoms with Gasteiger partial charge in [0.05, 0.1) is 5.75 Å². The van der Waals surface area contributed by atoms with Gasteiger partial charge in [0.15, 0.2) is 10.9 Å². The molecule has 0 atom stereocenters. The maximum atomic E-state index is 12.9. The van der Waals surface area contributed by atoms with Crippen molar-refractivity contribution in [3.8, 4) is 0 Å². The summed E-state index contributed by atoms with van der Waals surface area (Å²) in [6.07, 6.45) is 5.88. The molecular weight excluding hydrogens is 382 g/mol. The van der Waals surface area contributed by atoms with Crippen molar-refractivity contribution in [1.29, 1.82) is 0 Å². The third-order valence-electron chi connectivity index (χ3n) is 6.28. The van der Waals surface area contributed by atoms with Crippen LogP contribution in [0, 0.1) is 19.8 Å². The monoisotopic (exact) mass is 415 g/mol. The van der Waals surface area contributed by atoms with Gasteiger partial charge in [0.1, 0.15) is 0 Å². The number of hydrogen-bond donors (Lipinski definition) is 0. The number of ketones is 1. The van der Waals surface area contributed by atoms with Crippen LogP contribution in [0.2, 0.25) is 0 Å². The number of piperidine rings is 1. The Kier molecular flexibility index (Phi) is 6.04. The molecule has 0 amide bonds. The minimum absolute atomic E-state index is 0.184. The Morgan fingerprint density at radius 1 is 1.17 bits per heavy atom. The van der Waals surface area contributed by atoms with E-state index in [1.54, 1.807) is 11.8 Å². The van der Waals surface area contributed by atoms with E-state index in [1.165, 1.54) is 31.4 Å². The molecule has 2 fully saturated rings. The summed E-state index contributed by atoms with van der Waals surface area (Å²) >= 11 is 1.54. The fraction of sp³-hybridized carbons (Fsp3) is 0.682. The summed E-state index contributed by atoms with van der Waals surface area (Å²) in [6, 6.07) is 2.55. The highest BCUT2D eigenvalue weighted by atomic mass is 32.2. The fourth-order valence-electron chi connectivity index (χ4n) is 4.30. The van der Waals surface area contributed by atoms with Crippen molar-refractivity contribution in [3.05, 3.63) is 23.0 Å². The zero-order valence-corrected chi connectivity index (χ0v) is 19.0. The summed E-state index contributed by atoms with van der Waals surface area (Å²) in [4.78, 5) is 15.3. The number of Topliss-reactive ketones (excluding diaryl/α,β-unsaturated/α-hetero) is 1. The number of aromatic nitrogens is 4. The highest BCUT2D eigenvalue weighted by molar-refractivity contribution is 7.99. The van der Waals surface area contributed by atoms with Crippen LogP contribution in [0.15, 0.2) is 11.2 Å². The molecule has 2 aromatic heterocycles. The van der Waals surface area contributed by atoms with Gasteiger partial charge in [-0.2, -0.15) is 0 Å². The van der Waals surface area contributed by atoms with Crippen LogP contribution in [0.25, 0.3) is 0 Å². The first-order valence-corrected chi connectivity index (χ1v) is 12.0. The van der Waals surface area contributed by atoms with Crippen molar-refractivity contribution >= 4 is 23.5 Å². The molecule has 0 spiro atoms. The van der Waals surface area contributed by atoms with Crippen molar-refractivity contribution in [2.45, 2.75) is 77.5 Å². The Bertz CT molecular complexity index is 874. The van der Waals surface area contributed by atoms with Gasteiger partial charge in [0, 0.05) is 42.6 Å². The first-order valence-electron chi connectivity index (χ1n) is 11.0. The maximum Gasteiger partial charge on any atom is 0.228 e. The van der Waals surface area contributed by atoms with Crippen LogP contribution in [0.3, 0.4) is 0 Å². The third kappa shape index (κ3) is 4.25. The molecular formula is C22H33N5OS. The standard InChI is InChI=1S/C22H33N5OS/c1-5-10-26-16(3)13-19(17(26)4)20(28)14-29-22-24-23-21(27(22)18-6-7-18)25-11-8-15(2)9-12-25/h13,15,18H,5-12,14H2,1-4H3. The van der Waals surface area contributed by atoms with E-state index >= 15 is 0 Å². The number of carbonyl (C=O) groups is 1. The Morgan fingerprint density at radius 3 is 2.55 bits per heavy atom. The lowest BCUT2D eigenvalue weighted by Crippen LogP contribution is -2.34. The topological polar surface area (TPSA) is 56.0 Å². The van der Waals surface area contributed by atoms with Gasteiger partial charge in [0.25, 0.3) is 0 Å². The van der Waals surface area contributed by atoms with Crippen molar-refractivity contribution in [3.63, 3.8) is 0 Å². The minimum Gasteiger partial charge on any atom is -0.348 e. The molecule has 0 unspecified atom stereocenters. The van der Waals surface area contributed by atoms with Crippen molar-refractivity contribution in [1.82, 2.24) is 19.3 Å². The van der Waals surface area contributed by atoms with Gasteiger partial charge >= 0.3 is 0 Å². The average Bonchev–Trinajstić information content (AvgIpc) is 3.40. The quantitative estimate of drug-likeness (QED) is 0.464. The van der Waals surface area contributed by atoms with Crippen LogP contribution in [0.1, 0.15) is 73.7 Å². The lowest BCUT2D eigenvalue weighted by atomic mass is 10.00. The summed E-state index contributed by atoms with van der Waals surface area (Å²) in [7, 11) is 0. The molecule has 2 aromatic rings. The molecule has 158 valence electrons. The van der Waals surface area contributed by atoms with Gasteiger partial charge in [-0.1, -0.05) is 25.6 Å². The summed E-state index contributed by atoms with van der Waals surface area (Å²) in [5.41, 5.74) is 3.10. The fourth-order valence-corrected chi connectivity index (χ4v) is 5.19. The molecule has 1 saturated heterocycles. The number of rotatable bonds is 8. The smallest absolute Gasteiger partial charge is 0.228 e. The molecule has 1 aliphatic carbocycles. The molecule has 2 aliphatic rings. The SMILES string of the molecule is CCCn1c(C)cc(C(=O)CSc2nnc(N3CCC(C)CC3)n2C2CC2)c1C. The average molecular weight is 416 g/mol. The predicted molar refractivity (Wildman–Crippen MR) is 118 cm³/mol. The zero-order chi connectivity index (χ0) is 20.5. The predicted octanol–water partition coefficient (Wildman–Crippen LogP) is 4.65. The van der Waals surface area contributed by atoms with E-state index in [4.69, 9.17) is 0 Å².